The molecule has 0 bridgehead atoms. The van der Waals surface area contributed by atoms with E-state index in [-0.39, 0.29) is 35.3 Å². The predicted molar refractivity (Wildman–Crippen MR) is 72.1 cm³/mol. The van der Waals surface area contributed by atoms with Gasteiger partial charge in [-0.25, -0.2) is 24.3 Å². The summed E-state index contributed by atoms with van der Waals surface area (Å²) < 4.78 is 0. The summed E-state index contributed by atoms with van der Waals surface area (Å²) in [5, 5.41) is 0. The fourth-order valence-electron chi connectivity index (χ4n) is 1.74. The zero-order valence-electron chi connectivity index (χ0n) is 11.7. The predicted octanol–water partition coefficient (Wildman–Crippen LogP) is -1.28. The fraction of sp³-hybridized carbons (Fsp3) is 0.375. The fourth-order valence-corrected chi connectivity index (χ4v) is 1.74. The Morgan fingerprint density at radius 3 is 1.11 bits per heavy atom. The topological polar surface area (TPSA) is 0 Å². The molecule has 0 atom stereocenters. The van der Waals surface area contributed by atoms with Gasteiger partial charge in [-0.3, -0.25) is 0 Å². The van der Waals surface area contributed by atoms with Crippen LogP contribution in [0.15, 0.2) is 48.5 Å². The van der Waals surface area contributed by atoms with E-state index >= 15 is 0 Å². The van der Waals surface area contributed by atoms with Crippen LogP contribution in [0.25, 0.3) is 0 Å². The van der Waals surface area contributed by atoms with Crippen LogP contribution < -0.4 is 9.41 Å². The minimum absolute atomic E-state index is 0. The van der Waals surface area contributed by atoms with Gasteiger partial charge in [0, 0.05) is 0 Å². The second kappa shape index (κ2) is 15.5. The number of hydrogen-bond donors (Lipinski definition) is 0. The number of halogens is 2. The molecular formula is C16H22F2Hf. The van der Waals surface area contributed by atoms with Gasteiger partial charge in [-0.05, 0) is 0 Å². The molecule has 0 fully saturated rings. The van der Waals surface area contributed by atoms with Crippen LogP contribution in [-0.4, -0.2) is 0 Å². The Hall–Kier alpha value is -0.570. The Morgan fingerprint density at radius 2 is 0.895 bits per heavy atom. The van der Waals surface area contributed by atoms with Gasteiger partial charge in [-0.15, -0.1) is 0 Å². The summed E-state index contributed by atoms with van der Waals surface area (Å²) in [5.74, 6) is 0. The van der Waals surface area contributed by atoms with E-state index in [1.54, 1.807) is 0 Å². The van der Waals surface area contributed by atoms with Crippen LogP contribution in [0.5, 0.6) is 0 Å². The van der Waals surface area contributed by atoms with Gasteiger partial charge >= 0.3 is 25.8 Å². The smallest absolute Gasteiger partial charge is 1.00 e. The van der Waals surface area contributed by atoms with Gasteiger partial charge in [-0.2, -0.15) is 35.4 Å². The third-order valence-electron chi connectivity index (χ3n) is 2.54. The quantitative estimate of drug-likeness (QED) is 0.419. The van der Waals surface area contributed by atoms with Crippen LogP contribution >= 0.6 is 0 Å². The van der Waals surface area contributed by atoms with E-state index in [0.717, 1.165) is 0 Å². The van der Waals surface area contributed by atoms with E-state index in [4.69, 9.17) is 0 Å². The molecule has 0 aromatic heterocycles. The van der Waals surface area contributed by atoms with Gasteiger partial charge in [0.25, 0.3) is 0 Å². The summed E-state index contributed by atoms with van der Waals surface area (Å²) >= 11 is 0. The van der Waals surface area contributed by atoms with Crippen molar-refractivity contribution in [3.8, 4) is 0 Å². The molecule has 0 saturated carbocycles. The maximum atomic E-state index is 2.20. The molecule has 0 saturated heterocycles. The summed E-state index contributed by atoms with van der Waals surface area (Å²) in [4.78, 5) is 0. The Bertz CT molecular complexity index is 302. The molecule has 0 unspecified atom stereocenters. The molecule has 0 N–H and O–H groups in total. The van der Waals surface area contributed by atoms with Crippen molar-refractivity contribution in [2.75, 3.05) is 0 Å². The van der Waals surface area contributed by atoms with Crippen LogP contribution in [-0.2, 0) is 38.7 Å². The van der Waals surface area contributed by atoms with Gasteiger partial charge in [0.05, 0.1) is 0 Å². The average molecular weight is 431 g/mol. The van der Waals surface area contributed by atoms with E-state index < -0.39 is 0 Å². The summed E-state index contributed by atoms with van der Waals surface area (Å²) in [6, 6.07) is 17.0. The van der Waals surface area contributed by atoms with Crippen molar-refractivity contribution >= 4 is 0 Å². The Balaban J connectivity index is -0.000000233. The van der Waals surface area contributed by atoms with E-state index in [2.05, 4.69) is 62.4 Å². The summed E-state index contributed by atoms with van der Waals surface area (Å²) in [5.41, 5.74) is 2.93. The van der Waals surface area contributed by atoms with Gasteiger partial charge in [0.15, 0.2) is 0 Å². The first-order valence-electron chi connectivity index (χ1n) is 6.28. The number of rotatable bonds is 4. The van der Waals surface area contributed by atoms with Gasteiger partial charge in [0.1, 0.15) is 0 Å². The summed E-state index contributed by atoms with van der Waals surface area (Å²) in [7, 11) is 0. The first-order chi connectivity index (χ1) is 7.86. The molecule has 0 amide bonds. The third kappa shape index (κ3) is 11.0. The zero-order chi connectivity index (χ0) is 11.6. The van der Waals surface area contributed by atoms with E-state index in [9.17, 15) is 0 Å². The van der Waals surface area contributed by atoms with Crippen molar-refractivity contribution in [3.63, 3.8) is 0 Å². The minimum atomic E-state index is 0. The average Bonchev–Trinajstić information content (AvgIpc) is 2.92. The first-order valence-corrected chi connectivity index (χ1v) is 6.28. The van der Waals surface area contributed by atoms with Crippen LogP contribution in [0.1, 0.15) is 37.8 Å². The molecular weight excluding hydrogens is 409 g/mol. The molecule has 2 aromatic carbocycles. The molecule has 2 aromatic rings. The van der Waals surface area contributed by atoms with Crippen molar-refractivity contribution in [1.29, 1.82) is 0 Å². The maximum Gasteiger partial charge on any atom is 4.00 e. The Kier molecular flexibility index (Phi) is 19.2. The van der Waals surface area contributed by atoms with Crippen LogP contribution in [0.4, 0.5) is 0 Å². The molecule has 0 aliphatic carbocycles. The minimum Gasteiger partial charge on any atom is -1.00 e. The van der Waals surface area contributed by atoms with E-state index in [1.165, 1.54) is 36.8 Å². The van der Waals surface area contributed by atoms with Crippen LogP contribution in [0.2, 0.25) is 0 Å². The standard InChI is InChI=1S/2C8H11.2FH.Hf/c2*1-2-5-8-6-3-4-7-8;;;/h2*3-4,6-7H,2,5H2,1H3;2*1H;/q2*-1;;;+4/p-2. The third-order valence-corrected chi connectivity index (χ3v) is 2.54. The van der Waals surface area contributed by atoms with E-state index in [0.29, 0.717) is 0 Å². The first kappa shape index (κ1) is 23.5. The summed E-state index contributed by atoms with van der Waals surface area (Å²) in [6.07, 6.45) is 4.97. The number of hydrogen-bond acceptors (Lipinski definition) is 0. The molecule has 2 rings (SSSR count). The monoisotopic (exact) mass is 432 g/mol. The molecule has 0 aliphatic rings. The van der Waals surface area contributed by atoms with Crippen molar-refractivity contribution in [2.45, 2.75) is 39.5 Å². The van der Waals surface area contributed by atoms with Crippen molar-refractivity contribution in [2.24, 2.45) is 0 Å². The zero-order valence-corrected chi connectivity index (χ0v) is 15.3. The molecule has 0 nitrogen and oxygen atoms in total. The van der Waals surface area contributed by atoms with Crippen molar-refractivity contribution in [3.05, 3.63) is 59.7 Å². The molecule has 3 heteroatoms. The van der Waals surface area contributed by atoms with Crippen molar-refractivity contribution in [1.82, 2.24) is 0 Å². The van der Waals surface area contributed by atoms with E-state index in [1.807, 2.05) is 0 Å². The van der Waals surface area contributed by atoms with Crippen molar-refractivity contribution < 1.29 is 35.3 Å². The SMILES string of the molecule is CCC[c-]1cccc1.CCC[c-]1cccc1.[F-].[F-].[Hf+4]. The van der Waals surface area contributed by atoms with Crippen LogP contribution in [0, 0.1) is 0 Å². The normalized spacial score (nSPS) is 8.11. The van der Waals surface area contributed by atoms with Gasteiger partial charge in [0.2, 0.25) is 0 Å². The van der Waals surface area contributed by atoms with Gasteiger partial charge < -0.3 is 9.41 Å². The molecule has 104 valence electrons. The Morgan fingerprint density at radius 1 is 0.632 bits per heavy atom. The molecule has 19 heavy (non-hydrogen) atoms. The molecule has 0 heterocycles. The second-order valence-corrected chi connectivity index (χ2v) is 4.09. The summed E-state index contributed by atoms with van der Waals surface area (Å²) in [6.45, 7) is 4.40. The molecule has 0 radical (unpaired) electrons. The molecule has 0 spiro atoms. The Labute approximate surface area is 134 Å². The largest absolute Gasteiger partial charge is 4.00 e. The number of aryl methyl sites for hydroxylation is 2. The van der Waals surface area contributed by atoms with Crippen LogP contribution in [0.3, 0.4) is 0 Å². The molecule has 0 aliphatic heterocycles. The maximum absolute atomic E-state index is 2.20. The van der Waals surface area contributed by atoms with Gasteiger partial charge in [-0.1, -0.05) is 39.5 Å². The second-order valence-electron chi connectivity index (χ2n) is 4.09.